The zero-order valence-electron chi connectivity index (χ0n) is 13.6. The van der Waals surface area contributed by atoms with E-state index < -0.39 is 0 Å². The third kappa shape index (κ3) is 3.87. The van der Waals surface area contributed by atoms with Crippen LogP contribution in [0, 0.1) is 11.8 Å². The summed E-state index contributed by atoms with van der Waals surface area (Å²) in [6.45, 7) is 8.48. The van der Waals surface area contributed by atoms with E-state index in [4.69, 9.17) is 0 Å². The molecule has 3 rings (SSSR count). The van der Waals surface area contributed by atoms with Gasteiger partial charge in [0.15, 0.2) is 0 Å². The highest BCUT2D eigenvalue weighted by molar-refractivity contribution is 5.16. The molecule has 1 aromatic carbocycles. The first-order valence-corrected chi connectivity index (χ1v) is 8.73. The zero-order chi connectivity index (χ0) is 14.7. The molecule has 4 unspecified atom stereocenters. The van der Waals surface area contributed by atoms with Gasteiger partial charge in [0.25, 0.3) is 0 Å². The maximum Gasteiger partial charge on any atom is 0.0236 e. The fourth-order valence-electron chi connectivity index (χ4n) is 4.07. The Morgan fingerprint density at radius 2 is 1.90 bits per heavy atom. The third-order valence-electron chi connectivity index (χ3n) is 5.70. The van der Waals surface area contributed by atoms with Gasteiger partial charge < -0.3 is 5.32 Å². The van der Waals surface area contributed by atoms with E-state index in [0.717, 1.165) is 30.8 Å². The van der Waals surface area contributed by atoms with Crippen molar-refractivity contribution in [3.05, 3.63) is 35.9 Å². The van der Waals surface area contributed by atoms with Crippen LogP contribution in [0.15, 0.2) is 30.3 Å². The van der Waals surface area contributed by atoms with Gasteiger partial charge in [-0.25, -0.2) is 0 Å². The fraction of sp³-hybridized carbons (Fsp3) is 0.684. The van der Waals surface area contributed by atoms with Gasteiger partial charge in [-0.15, -0.1) is 0 Å². The van der Waals surface area contributed by atoms with Crippen molar-refractivity contribution >= 4 is 0 Å². The van der Waals surface area contributed by atoms with Crippen LogP contribution in [0.25, 0.3) is 0 Å². The largest absolute Gasteiger partial charge is 0.311 e. The molecule has 21 heavy (non-hydrogen) atoms. The molecule has 1 aromatic rings. The monoisotopic (exact) mass is 286 g/mol. The van der Waals surface area contributed by atoms with Crippen molar-refractivity contribution < 1.29 is 0 Å². The average Bonchev–Trinajstić information content (AvgIpc) is 2.51. The molecule has 0 spiro atoms. The van der Waals surface area contributed by atoms with Crippen LogP contribution in [0.4, 0.5) is 0 Å². The number of benzene rings is 1. The predicted octanol–water partition coefficient (Wildman–Crippen LogP) is 3.33. The second-order valence-electron chi connectivity index (χ2n) is 7.26. The zero-order valence-corrected chi connectivity index (χ0v) is 13.6. The second kappa shape index (κ2) is 6.93. The Kier molecular flexibility index (Phi) is 4.97. The summed E-state index contributed by atoms with van der Waals surface area (Å²) in [6.07, 6.45) is 5.39. The van der Waals surface area contributed by atoms with Gasteiger partial charge in [-0.2, -0.15) is 0 Å². The molecule has 1 saturated heterocycles. The first-order chi connectivity index (χ1) is 10.2. The smallest absolute Gasteiger partial charge is 0.0236 e. The van der Waals surface area contributed by atoms with Gasteiger partial charge in [0.05, 0.1) is 0 Å². The summed E-state index contributed by atoms with van der Waals surface area (Å²) in [6, 6.07) is 12.4. The molecule has 116 valence electrons. The Labute approximate surface area is 129 Å². The second-order valence-corrected chi connectivity index (χ2v) is 7.26. The van der Waals surface area contributed by atoms with Crippen LogP contribution in [0.5, 0.6) is 0 Å². The van der Waals surface area contributed by atoms with E-state index in [2.05, 4.69) is 54.4 Å². The highest BCUT2D eigenvalue weighted by Gasteiger charge is 2.31. The van der Waals surface area contributed by atoms with Crippen LogP contribution < -0.4 is 5.32 Å². The average molecular weight is 286 g/mol. The molecule has 2 fully saturated rings. The Hall–Kier alpha value is -0.860. The molecule has 1 heterocycles. The van der Waals surface area contributed by atoms with E-state index in [1.807, 2.05) is 0 Å². The minimum absolute atomic E-state index is 0.621. The Morgan fingerprint density at radius 3 is 2.67 bits per heavy atom. The van der Waals surface area contributed by atoms with Gasteiger partial charge in [-0.05, 0) is 43.1 Å². The minimum Gasteiger partial charge on any atom is -0.311 e. The van der Waals surface area contributed by atoms with Crippen LogP contribution in [0.1, 0.15) is 38.7 Å². The summed E-state index contributed by atoms with van der Waals surface area (Å²) in [4.78, 5) is 2.77. The molecule has 2 nitrogen and oxygen atoms in total. The lowest BCUT2D eigenvalue weighted by Gasteiger charge is -2.43. The predicted molar refractivity (Wildman–Crippen MR) is 89.5 cm³/mol. The number of hydrogen-bond donors (Lipinski definition) is 1. The van der Waals surface area contributed by atoms with E-state index in [1.165, 1.54) is 37.9 Å². The quantitative estimate of drug-likeness (QED) is 0.917. The van der Waals surface area contributed by atoms with E-state index >= 15 is 0 Å². The minimum atomic E-state index is 0.621. The summed E-state index contributed by atoms with van der Waals surface area (Å²) in [5.74, 6) is 1.82. The summed E-state index contributed by atoms with van der Waals surface area (Å²) >= 11 is 0. The highest BCUT2D eigenvalue weighted by Crippen LogP contribution is 2.32. The van der Waals surface area contributed by atoms with Gasteiger partial charge in [-0.1, -0.05) is 44.2 Å². The summed E-state index contributed by atoms with van der Waals surface area (Å²) in [7, 11) is 0. The van der Waals surface area contributed by atoms with Crippen molar-refractivity contribution in [2.24, 2.45) is 11.8 Å². The summed E-state index contributed by atoms with van der Waals surface area (Å²) < 4.78 is 0. The molecule has 0 amide bonds. The molecule has 0 aromatic heterocycles. The third-order valence-corrected chi connectivity index (χ3v) is 5.70. The Bertz CT molecular complexity index is 430. The van der Waals surface area contributed by atoms with Crippen molar-refractivity contribution in [2.45, 2.75) is 51.6 Å². The molecular weight excluding hydrogens is 256 g/mol. The lowest BCUT2D eigenvalue weighted by atomic mass is 9.78. The van der Waals surface area contributed by atoms with Crippen molar-refractivity contribution in [3.8, 4) is 0 Å². The molecule has 2 heteroatoms. The molecule has 0 radical (unpaired) electrons. The first-order valence-electron chi connectivity index (χ1n) is 8.73. The van der Waals surface area contributed by atoms with E-state index in [-0.39, 0.29) is 0 Å². The van der Waals surface area contributed by atoms with Gasteiger partial charge in [0.1, 0.15) is 0 Å². The van der Waals surface area contributed by atoms with Crippen molar-refractivity contribution in [3.63, 3.8) is 0 Å². The van der Waals surface area contributed by atoms with Crippen LogP contribution in [-0.4, -0.2) is 36.6 Å². The Balaban J connectivity index is 1.56. The van der Waals surface area contributed by atoms with Gasteiger partial charge in [0.2, 0.25) is 0 Å². The maximum atomic E-state index is 3.71. The van der Waals surface area contributed by atoms with Crippen LogP contribution in [0.3, 0.4) is 0 Å². The van der Waals surface area contributed by atoms with Crippen molar-refractivity contribution in [2.75, 3.05) is 19.6 Å². The van der Waals surface area contributed by atoms with Crippen LogP contribution >= 0.6 is 0 Å². The standard InChI is InChI=1S/C19H30N2/c1-15-8-9-19(12-16(15)2)21-11-10-20-18(14-21)13-17-6-4-3-5-7-17/h3-7,15-16,18-20H,8-14H2,1-2H3. The molecule has 0 bridgehead atoms. The summed E-state index contributed by atoms with van der Waals surface area (Å²) in [5, 5.41) is 3.71. The normalized spacial score (nSPS) is 34.8. The van der Waals surface area contributed by atoms with Gasteiger partial charge in [0, 0.05) is 31.7 Å². The topological polar surface area (TPSA) is 15.3 Å². The molecular formula is C19H30N2. The first kappa shape index (κ1) is 15.1. The summed E-state index contributed by atoms with van der Waals surface area (Å²) in [5.41, 5.74) is 1.46. The van der Waals surface area contributed by atoms with Crippen LogP contribution in [-0.2, 0) is 6.42 Å². The maximum absolute atomic E-state index is 3.71. The number of rotatable bonds is 3. The molecule has 2 aliphatic rings. The molecule has 1 N–H and O–H groups in total. The Morgan fingerprint density at radius 1 is 1.10 bits per heavy atom. The SMILES string of the molecule is CC1CCC(N2CCNC(Cc3ccccc3)C2)CC1C. The van der Waals surface area contributed by atoms with E-state index in [9.17, 15) is 0 Å². The van der Waals surface area contributed by atoms with E-state index in [1.54, 1.807) is 0 Å². The number of nitrogens with one attached hydrogen (secondary N) is 1. The number of nitrogens with zero attached hydrogens (tertiary/aromatic N) is 1. The lowest BCUT2D eigenvalue weighted by Crippen LogP contribution is -2.55. The lowest BCUT2D eigenvalue weighted by molar-refractivity contribution is 0.0818. The van der Waals surface area contributed by atoms with E-state index in [0.29, 0.717) is 6.04 Å². The highest BCUT2D eigenvalue weighted by atomic mass is 15.2. The van der Waals surface area contributed by atoms with Crippen LogP contribution in [0.2, 0.25) is 0 Å². The van der Waals surface area contributed by atoms with Crippen molar-refractivity contribution in [1.29, 1.82) is 0 Å². The molecule has 1 aliphatic heterocycles. The molecule has 1 aliphatic carbocycles. The van der Waals surface area contributed by atoms with Gasteiger partial charge >= 0.3 is 0 Å². The molecule has 4 atom stereocenters. The fourth-order valence-corrected chi connectivity index (χ4v) is 4.07. The molecule has 1 saturated carbocycles. The number of piperazine rings is 1. The van der Waals surface area contributed by atoms with Gasteiger partial charge in [-0.3, -0.25) is 4.90 Å². The van der Waals surface area contributed by atoms with Crippen molar-refractivity contribution in [1.82, 2.24) is 10.2 Å². The number of hydrogen-bond acceptors (Lipinski definition) is 2.